The highest BCUT2D eigenvalue weighted by Gasteiger charge is 2.51. The van der Waals surface area contributed by atoms with Gasteiger partial charge in [-0.1, -0.05) is 85.8 Å². The number of hydrogen-bond acceptors (Lipinski definition) is 11. The average molecular weight is 777 g/mol. The Hall–Kier alpha value is -2.25. The molecule has 0 aromatic carbocycles. The Morgan fingerprint density at radius 1 is 0.836 bits per heavy atom. The molecule has 17 atom stereocenters. The van der Waals surface area contributed by atoms with Gasteiger partial charge in [0, 0.05) is 48.5 Å². The van der Waals surface area contributed by atoms with E-state index in [1.54, 1.807) is 20.8 Å². The highest BCUT2D eigenvalue weighted by molar-refractivity contribution is 5.91. The van der Waals surface area contributed by atoms with Crippen LogP contribution in [0.15, 0.2) is 36.5 Å². The molecule has 11 heteroatoms. The summed E-state index contributed by atoms with van der Waals surface area (Å²) in [5.74, 6) is -6.86. The molecule has 2 fully saturated rings. The van der Waals surface area contributed by atoms with Crippen molar-refractivity contribution in [2.75, 3.05) is 0 Å². The minimum absolute atomic E-state index is 0.144. The van der Waals surface area contributed by atoms with Gasteiger partial charge in [-0.25, -0.2) is 4.79 Å². The van der Waals surface area contributed by atoms with Gasteiger partial charge in [0.1, 0.15) is 17.5 Å². The molecule has 0 aromatic rings. The van der Waals surface area contributed by atoms with E-state index in [4.69, 9.17) is 14.2 Å². The molecule has 0 aliphatic carbocycles. The van der Waals surface area contributed by atoms with Gasteiger partial charge in [0.2, 0.25) is 0 Å². The van der Waals surface area contributed by atoms with Crippen LogP contribution < -0.4 is 0 Å². The summed E-state index contributed by atoms with van der Waals surface area (Å²) in [7, 11) is 0. The van der Waals surface area contributed by atoms with E-state index in [-0.39, 0.29) is 30.0 Å². The number of carbonyl (C=O) groups excluding carboxylic acids is 3. The number of ketones is 2. The van der Waals surface area contributed by atoms with Crippen LogP contribution in [0.2, 0.25) is 0 Å². The largest absolute Gasteiger partial charge is 0.459 e. The SMILES string of the molecule is CCC1C=CC=CCC(C)C(O)C(C)(O)C(=O)C(C)C(O)C(C)C(=O)C(C)C(O)C(C)C=CC(=O)OC2CC3(CCC(C)C(CC(C)O)O3)OC(CC1)C2C. The van der Waals surface area contributed by atoms with Crippen LogP contribution in [0.5, 0.6) is 0 Å². The fraction of sp³-hybridized carbons (Fsp3) is 0.795. The van der Waals surface area contributed by atoms with Crippen LogP contribution in [0.4, 0.5) is 0 Å². The molecule has 314 valence electrons. The van der Waals surface area contributed by atoms with Crippen LogP contribution in [-0.2, 0) is 28.6 Å². The third kappa shape index (κ3) is 12.1. The van der Waals surface area contributed by atoms with E-state index >= 15 is 0 Å². The predicted octanol–water partition coefficient (Wildman–Crippen LogP) is 5.64. The van der Waals surface area contributed by atoms with E-state index in [1.165, 1.54) is 39.8 Å². The summed E-state index contributed by atoms with van der Waals surface area (Å²) in [4.78, 5) is 40.3. The topological polar surface area (TPSA) is 180 Å². The lowest BCUT2D eigenvalue weighted by atomic mass is 9.75. The Labute approximate surface area is 329 Å². The lowest BCUT2D eigenvalue weighted by molar-refractivity contribution is -0.347. The molecule has 0 aromatic heterocycles. The molecule has 3 aliphatic heterocycles. The summed E-state index contributed by atoms with van der Waals surface area (Å²) in [5.41, 5.74) is -2.18. The molecule has 11 nitrogen and oxygen atoms in total. The standard InChI is InChI=1S/C44H72O11/c1-11-33-16-14-12-13-15-27(4)41(50)43(10,52)42(51)32(9)40(49)31(8)39(48)30(7)38(47)26(3)17-20-37(46)53-36-24-44(54-34(19-18-33)29(36)6)22-21-25(2)35(55-44)23-28(5)45/h12-14,16-17,20,25-36,38,40-41,45,47,49-50,52H,11,15,18-19,21-24H2,1-10H3. The molecule has 0 saturated carbocycles. The molecule has 5 N–H and O–H groups in total. The fourth-order valence-electron chi connectivity index (χ4n) is 8.60. The summed E-state index contributed by atoms with van der Waals surface area (Å²) < 4.78 is 19.7. The second-order valence-corrected chi connectivity index (χ2v) is 17.6. The van der Waals surface area contributed by atoms with Crippen molar-refractivity contribution in [2.45, 2.75) is 175 Å². The average Bonchev–Trinajstić information content (AvgIpc) is 3.14. The van der Waals surface area contributed by atoms with E-state index in [9.17, 15) is 39.9 Å². The first-order valence-corrected chi connectivity index (χ1v) is 20.8. The Morgan fingerprint density at radius 3 is 2.13 bits per heavy atom. The number of aliphatic hydroxyl groups excluding tert-OH is 4. The number of hydrogen-bond donors (Lipinski definition) is 5. The molecule has 1 spiro atoms. The van der Waals surface area contributed by atoms with Gasteiger partial charge in [0.05, 0.1) is 36.6 Å². The lowest BCUT2D eigenvalue weighted by Crippen LogP contribution is -2.57. The summed E-state index contributed by atoms with van der Waals surface area (Å²) in [6.45, 7) is 17.1. The molecule has 0 radical (unpaired) electrons. The van der Waals surface area contributed by atoms with Gasteiger partial charge >= 0.3 is 5.97 Å². The van der Waals surface area contributed by atoms with Gasteiger partial charge in [0.15, 0.2) is 11.6 Å². The second-order valence-electron chi connectivity index (χ2n) is 17.6. The first kappa shape index (κ1) is 47.1. The van der Waals surface area contributed by atoms with Crippen molar-refractivity contribution in [2.24, 2.45) is 47.3 Å². The minimum atomic E-state index is -2.18. The number of esters is 1. The number of ether oxygens (including phenoxy) is 3. The van der Waals surface area contributed by atoms with Crippen molar-refractivity contribution < 1.29 is 54.1 Å². The molecule has 17 unspecified atom stereocenters. The Bertz CT molecular complexity index is 1350. The lowest BCUT2D eigenvalue weighted by Gasteiger charge is -2.52. The Balaban J connectivity index is 1.95. The summed E-state index contributed by atoms with van der Waals surface area (Å²) in [6.07, 6.45) is 10.1. The molecule has 2 bridgehead atoms. The van der Waals surface area contributed by atoms with Crippen molar-refractivity contribution in [1.29, 1.82) is 0 Å². The van der Waals surface area contributed by atoms with E-state index < -0.39 is 89.0 Å². The normalized spacial score (nSPS) is 44.3. The van der Waals surface area contributed by atoms with Crippen LogP contribution in [0.1, 0.15) is 121 Å². The van der Waals surface area contributed by atoms with Crippen LogP contribution in [-0.4, -0.2) is 97.2 Å². The smallest absolute Gasteiger partial charge is 0.330 e. The number of allylic oxidation sites excluding steroid dienone is 4. The van der Waals surface area contributed by atoms with Gasteiger partial charge in [-0.15, -0.1) is 0 Å². The van der Waals surface area contributed by atoms with Crippen molar-refractivity contribution >= 4 is 17.5 Å². The van der Waals surface area contributed by atoms with Crippen molar-refractivity contribution in [3.05, 3.63) is 36.5 Å². The van der Waals surface area contributed by atoms with Gasteiger partial charge in [0.25, 0.3) is 0 Å². The summed E-state index contributed by atoms with van der Waals surface area (Å²) in [5, 5.41) is 54.9. The molecule has 3 rings (SSSR count). The van der Waals surface area contributed by atoms with Crippen LogP contribution in [0.3, 0.4) is 0 Å². The molecule has 3 aliphatic rings. The zero-order valence-electron chi connectivity index (χ0n) is 35.0. The maximum atomic E-state index is 13.5. The number of Topliss-reactive ketones (excluding diaryl/α,β-unsaturated/α-hetero) is 2. The molecular weight excluding hydrogens is 704 g/mol. The number of fused-ring (bicyclic) bond motifs is 2. The third-order valence-corrected chi connectivity index (χ3v) is 12.9. The van der Waals surface area contributed by atoms with E-state index in [0.29, 0.717) is 32.1 Å². The maximum absolute atomic E-state index is 13.5. The molecule has 2 saturated heterocycles. The van der Waals surface area contributed by atoms with Crippen molar-refractivity contribution in [3.8, 4) is 0 Å². The number of rotatable bonds is 3. The van der Waals surface area contributed by atoms with Crippen LogP contribution >= 0.6 is 0 Å². The Kier molecular flexibility index (Phi) is 17.5. The quantitative estimate of drug-likeness (QED) is 0.224. The first-order valence-electron chi connectivity index (χ1n) is 20.8. The molecular formula is C44H72O11. The molecule has 55 heavy (non-hydrogen) atoms. The van der Waals surface area contributed by atoms with Gasteiger partial charge in [-0.3, -0.25) is 9.59 Å². The van der Waals surface area contributed by atoms with Crippen molar-refractivity contribution in [1.82, 2.24) is 0 Å². The third-order valence-electron chi connectivity index (χ3n) is 12.9. The zero-order valence-corrected chi connectivity index (χ0v) is 35.0. The maximum Gasteiger partial charge on any atom is 0.330 e. The minimum Gasteiger partial charge on any atom is -0.459 e. The predicted molar refractivity (Wildman–Crippen MR) is 210 cm³/mol. The van der Waals surface area contributed by atoms with Gasteiger partial charge in [-0.2, -0.15) is 0 Å². The van der Waals surface area contributed by atoms with E-state index in [0.717, 1.165) is 19.3 Å². The fourth-order valence-corrected chi connectivity index (χ4v) is 8.60. The van der Waals surface area contributed by atoms with Crippen molar-refractivity contribution in [3.63, 3.8) is 0 Å². The number of aliphatic hydroxyl groups is 5. The van der Waals surface area contributed by atoms with E-state index in [2.05, 4.69) is 19.9 Å². The first-order chi connectivity index (χ1) is 25.6. The zero-order chi connectivity index (χ0) is 41.4. The highest BCUT2D eigenvalue weighted by Crippen LogP contribution is 2.46. The molecule has 3 heterocycles. The molecule has 0 amide bonds. The highest BCUT2D eigenvalue weighted by atomic mass is 16.7. The second kappa shape index (κ2) is 20.4. The van der Waals surface area contributed by atoms with E-state index in [1.807, 2.05) is 25.2 Å². The van der Waals surface area contributed by atoms with Crippen LogP contribution in [0.25, 0.3) is 0 Å². The summed E-state index contributed by atoms with van der Waals surface area (Å²) in [6, 6.07) is 0. The van der Waals surface area contributed by atoms with Gasteiger partial charge < -0.3 is 39.7 Å². The monoisotopic (exact) mass is 777 g/mol. The Morgan fingerprint density at radius 2 is 1.49 bits per heavy atom. The van der Waals surface area contributed by atoms with Gasteiger partial charge in [-0.05, 0) is 70.1 Å². The number of carbonyl (C=O) groups is 3. The summed E-state index contributed by atoms with van der Waals surface area (Å²) >= 11 is 0. The van der Waals surface area contributed by atoms with Crippen LogP contribution in [0, 0.1) is 47.3 Å².